The first kappa shape index (κ1) is 22.6. The van der Waals surface area contributed by atoms with Crippen LogP contribution in [0.1, 0.15) is 43.2 Å². The summed E-state index contributed by atoms with van der Waals surface area (Å²) in [7, 11) is 0. The molecule has 1 saturated heterocycles. The number of unbranched alkanes of at least 4 members (excludes halogenated alkanes) is 1. The molecule has 1 aliphatic rings. The van der Waals surface area contributed by atoms with Gasteiger partial charge in [-0.1, -0.05) is 30.4 Å². The Bertz CT molecular complexity index is 756. The average molecular weight is 400 g/mol. The summed E-state index contributed by atoms with van der Waals surface area (Å²) in [5.74, 6) is -0.890. The van der Waals surface area contributed by atoms with Crippen LogP contribution in [0.4, 0.5) is 0 Å². The zero-order valence-corrected chi connectivity index (χ0v) is 16.5. The van der Waals surface area contributed by atoms with E-state index in [0.717, 1.165) is 24.8 Å². The van der Waals surface area contributed by atoms with Gasteiger partial charge in [0.25, 0.3) is 0 Å². The molecule has 0 saturated carbocycles. The van der Waals surface area contributed by atoms with Gasteiger partial charge in [-0.3, -0.25) is 4.79 Å². The number of piperidine rings is 1. The molecule has 29 heavy (non-hydrogen) atoms. The zero-order valence-electron chi connectivity index (χ0n) is 16.5. The third-order valence-electron chi connectivity index (χ3n) is 4.90. The first-order valence-electron chi connectivity index (χ1n) is 9.94. The van der Waals surface area contributed by atoms with Crippen LogP contribution in [0.3, 0.4) is 0 Å². The van der Waals surface area contributed by atoms with E-state index < -0.39 is 12.1 Å². The molecule has 2 N–H and O–H groups in total. The van der Waals surface area contributed by atoms with Gasteiger partial charge in [-0.15, -0.1) is 0 Å². The third-order valence-corrected chi connectivity index (χ3v) is 4.90. The lowest BCUT2D eigenvalue weighted by atomic mass is 9.98. The van der Waals surface area contributed by atoms with Gasteiger partial charge in [0, 0.05) is 26.0 Å². The highest BCUT2D eigenvalue weighted by molar-refractivity contribution is 5.77. The predicted octanol–water partition coefficient (Wildman–Crippen LogP) is 2.28. The van der Waals surface area contributed by atoms with Crippen LogP contribution in [0, 0.1) is 11.3 Å². The Morgan fingerprint density at radius 2 is 2.17 bits per heavy atom. The number of ether oxygens (including phenoxy) is 1. The van der Waals surface area contributed by atoms with Crippen LogP contribution in [0.5, 0.6) is 0 Å². The van der Waals surface area contributed by atoms with Crippen molar-refractivity contribution in [2.24, 2.45) is 0 Å². The molecule has 0 aromatic heterocycles. The van der Waals surface area contributed by atoms with Crippen LogP contribution in [0.15, 0.2) is 36.4 Å². The van der Waals surface area contributed by atoms with Gasteiger partial charge < -0.3 is 19.8 Å². The lowest BCUT2D eigenvalue weighted by molar-refractivity contribution is -0.142. The molecule has 1 fully saturated rings. The lowest BCUT2D eigenvalue weighted by Gasteiger charge is -2.34. The molecule has 1 aliphatic heterocycles. The molecule has 2 rings (SSSR count). The maximum absolute atomic E-state index is 12.3. The number of amides is 1. The summed E-state index contributed by atoms with van der Waals surface area (Å²) in [6.45, 7) is 0.629. The van der Waals surface area contributed by atoms with Crippen molar-refractivity contribution in [3.63, 3.8) is 0 Å². The van der Waals surface area contributed by atoms with E-state index in [0.29, 0.717) is 38.0 Å². The number of hydrogen-bond acceptors (Lipinski definition) is 5. The molecule has 1 aromatic rings. The van der Waals surface area contributed by atoms with E-state index in [4.69, 9.17) is 15.1 Å². The smallest absolute Gasteiger partial charge is 0.329 e. The largest absolute Gasteiger partial charge is 0.480 e. The molecule has 0 spiro atoms. The number of carbonyl (C=O) groups excluding carboxylic acids is 1. The number of carboxylic acids is 1. The minimum absolute atomic E-state index is 0.0583. The monoisotopic (exact) mass is 400 g/mol. The summed E-state index contributed by atoms with van der Waals surface area (Å²) >= 11 is 0. The van der Waals surface area contributed by atoms with Gasteiger partial charge in [0.2, 0.25) is 5.91 Å². The van der Waals surface area contributed by atoms with Gasteiger partial charge in [-0.05, 0) is 37.3 Å². The van der Waals surface area contributed by atoms with Crippen LogP contribution in [-0.4, -0.2) is 58.9 Å². The Hall–Kier alpha value is -2.69. The van der Waals surface area contributed by atoms with Crippen molar-refractivity contribution in [2.75, 3.05) is 19.8 Å². The van der Waals surface area contributed by atoms with E-state index in [-0.39, 0.29) is 18.6 Å². The highest BCUT2D eigenvalue weighted by atomic mass is 16.5. The van der Waals surface area contributed by atoms with E-state index in [2.05, 4.69) is 6.07 Å². The summed E-state index contributed by atoms with van der Waals surface area (Å²) in [4.78, 5) is 24.6. The molecule has 2 atom stereocenters. The van der Waals surface area contributed by atoms with Crippen molar-refractivity contribution in [3.05, 3.63) is 47.5 Å². The summed E-state index contributed by atoms with van der Waals surface area (Å²) in [5.41, 5.74) is 1.35. The van der Waals surface area contributed by atoms with Crippen molar-refractivity contribution >= 4 is 11.9 Å². The standard InChI is InChI=1S/C22H28N2O5/c23-15-18-7-2-1-6-17(18)14-20(25)11-10-19-8-5-9-21(26)24(19)12-3-4-13-29-16-22(27)28/h1-2,6-7,10-11,19-20,25H,3-5,8-9,12-14,16H2,(H,27,28)/t19-,20?/m1/s1. The average Bonchev–Trinajstić information content (AvgIpc) is 2.70. The Morgan fingerprint density at radius 3 is 2.93 bits per heavy atom. The Labute approximate surface area is 171 Å². The van der Waals surface area contributed by atoms with Crippen LogP contribution in [0.25, 0.3) is 0 Å². The molecule has 0 radical (unpaired) electrons. The predicted molar refractivity (Wildman–Crippen MR) is 107 cm³/mol. The van der Waals surface area contributed by atoms with Gasteiger partial charge >= 0.3 is 5.97 Å². The number of carboxylic acid groups (broad SMARTS) is 1. The fourth-order valence-corrected chi connectivity index (χ4v) is 3.44. The molecule has 1 heterocycles. The molecule has 1 aromatic carbocycles. The van der Waals surface area contributed by atoms with Gasteiger partial charge in [0.05, 0.1) is 23.8 Å². The number of aliphatic carboxylic acids is 1. The molecule has 156 valence electrons. The van der Waals surface area contributed by atoms with Gasteiger partial charge in [0.1, 0.15) is 6.61 Å². The number of hydrogen-bond donors (Lipinski definition) is 2. The third kappa shape index (κ3) is 7.68. The SMILES string of the molecule is N#Cc1ccccc1CC(O)C=C[C@H]1CCCC(=O)N1CCCCOCC(=O)O. The summed E-state index contributed by atoms with van der Waals surface area (Å²) in [6.07, 6.45) is 6.82. The minimum atomic E-state index is -0.989. The molecule has 0 bridgehead atoms. The Kier molecular flexibility index (Phi) is 9.35. The van der Waals surface area contributed by atoms with E-state index in [1.165, 1.54) is 0 Å². The van der Waals surface area contributed by atoms with E-state index in [9.17, 15) is 14.7 Å². The van der Waals surface area contributed by atoms with Crippen LogP contribution >= 0.6 is 0 Å². The van der Waals surface area contributed by atoms with E-state index in [1.54, 1.807) is 18.2 Å². The number of likely N-dealkylation sites (tertiary alicyclic amines) is 1. The maximum Gasteiger partial charge on any atom is 0.329 e. The van der Waals surface area contributed by atoms with Crippen molar-refractivity contribution in [1.82, 2.24) is 4.90 Å². The molecule has 1 amide bonds. The van der Waals surface area contributed by atoms with Gasteiger partial charge in [0.15, 0.2) is 0 Å². The van der Waals surface area contributed by atoms with E-state index in [1.807, 2.05) is 23.1 Å². The highest BCUT2D eigenvalue weighted by Gasteiger charge is 2.25. The summed E-state index contributed by atoms with van der Waals surface area (Å²) in [5, 5.41) is 28.1. The molecule has 0 aliphatic carbocycles. The number of aliphatic hydroxyl groups is 1. The second-order valence-electron chi connectivity index (χ2n) is 7.13. The van der Waals surface area contributed by atoms with Crippen molar-refractivity contribution < 1.29 is 24.5 Å². The maximum atomic E-state index is 12.3. The second-order valence-corrected chi connectivity index (χ2v) is 7.13. The topological polar surface area (TPSA) is 111 Å². The highest BCUT2D eigenvalue weighted by Crippen LogP contribution is 2.20. The molecule has 7 nitrogen and oxygen atoms in total. The summed E-state index contributed by atoms with van der Waals surface area (Å²) in [6, 6.07) is 9.27. The van der Waals surface area contributed by atoms with Crippen molar-refractivity contribution in [1.29, 1.82) is 5.26 Å². The van der Waals surface area contributed by atoms with Gasteiger partial charge in [-0.2, -0.15) is 5.26 Å². The molecular weight excluding hydrogens is 372 g/mol. The van der Waals surface area contributed by atoms with Crippen molar-refractivity contribution in [2.45, 2.75) is 50.7 Å². The lowest BCUT2D eigenvalue weighted by Crippen LogP contribution is -2.43. The summed E-state index contributed by atoms with van der Waals surface area (Å²) < 4.78 is 5.02. The molecular formula is C22H28N2O5. The second kappa shape index (κ2) is 12.0. The fraction of sp³-hybridized carbons (Fsp3) is 0.500. The number of benzene rings is 1. The number of rotatable bonds is 11. The zero-order chi connectivity index (χ0) is 21.1. The number of aliphatic hydroxyl groups excluding tert-OH is 1. The molecule has 1 unspecified atom stereocenters. The Morgan fingerprint density at radius 1 is 1.38 bits per heavy atom. The van der Waals surface area contributed by atoms with Crippen molar-refractivity contribution in [3.8, 4) is 6.07 Å². The quantitative estimate of drug-likeness (QED) is 0.435. The molecule has 7 heteroatoms. The number of carbonyl (C=O) groups is 2. The Balaban J connectivity index is 1.86. The first-order chi connectivity index (χ1) is 14.0. The fourth-order valence-electron chi connectivity index (χ4n) is 3.44. The number of nitrogens with zero attached hydrogens (tertiary/aromatic N) is 2. The van der Waals surface area contributed by atoms with Gasteiger partial charge in [-0.25, -0.2) is 4.79 Å². The normalized spacial score (nSPS) is 18.0. The first-order valence-corrected chi connectivity index (χ1v) is 9.94. The van der Waals surface area contributed by atoms with Crippen LogP contribution in [-0.2, 0) is 20.7 Å². The number of nitriles is 1. The van der Waals surface area contributed by atoms with Crippen LogP contribution < -0.4 is 0 Å². The van der Waals surface area contributed by atoms with E-state index >= 15 is 0 Å². The van der Waals surface area contributed by atoms with Crippen LogP contribution in [0.2, 0.25) is 0 Å². The minimum Gasteiger partial charge on any atom is -0.480 e.